The lowest BCUT2D eigenvalue weighted by molar-refractivity contribution is -0.0366. The fraction of sp³-hybridized carbons (Fsp3) is 0.514. The van der Waals surface area contributed by atoms with Crippen molar-refractivity contribution in [2.24, 2.45) is 0 Å². The Kier molecular flexibility index (Phi) is 8.39. The molecule has 2 unspecified atom stereocenters. The summed E-state index contributed by atoms with van der Waals surface area (Å²) in [4.78, 5) is 32.2. The molecule has 0 radical (unpaired) electrons. The van der Waals surface area contributed by atoms with Crippen LogP contribution in [-0.4, -0.2) is 83.9 Å². The van der Waals surface area contributed by atoms with Crippen LogP contribution in [0.25, 0.3) is 42.5 Å². The van der Waals surface area contributed by atoms with Crippen molar-refractivity contribution in [2.75, 3.05) is 30.9 Å². The Morgan fingerprint density at radius 3 is 2.56 bits per heavy atom. The maximum absolute atomic E-state index is 15.0. The lowest BCUT2D eigenvalue weighted by atomic mass is 9.95. The number of alkyl halides is 2. The van der Waals surface area contributed by atoms with E-state index in [9.17, 15) is 18.1 Å². The van der Waals surface area contributed by atoms with Gasteiger partial charge in [-0.25, -0.2) is 18.3 Å². The first-order chi connectivity index (χ1) is 23.9. The topological polar surface area (TPSA) is 122 Å². The molecule has 15 heteroatoms. The average Bonchev–Trinajstić information content (AvgIpc) is 3.74. The number of fused-ring (bicyclic) bond motifs is 6. The van der Waals surface area contributed by atoms with Gasteiger partial charge in [-0.3, -0.25) is 9.88 Å². The van der Waals surface area contributed by atoms with Gasteiger partial charge in [0.1, 0.15) is 22.5 Å². The van der Waals surface area contributed by atoms with Crippen molar-refractivity contribution in [3.63, 3.8) is 0 Å². The number of carbonyl (C=O) groups is 1. The Morgan fingerprint density at radius 1 is 1.14 bits per heavy atom. The molecule has 0 N–H and O–H groups in total. The van der Waals surface area contributed by atoms with Gasteiger partial charge in [0, 0.05) is 59.0 Å². The van der Waals surface area contributed by atoms with E-state index in [1.807, 2.05) is 36.4 Å². The Bertz CT molecular complexity index is 2110. The van der Waals surface area contributed by atoms with Gasteiger partial charge in [0.05, 0.1) is 39.6 Å². The predicted molar refractivity (Wildman–Crippen MR) is 189 cm³/mol. The molecule has 4 atom stereocenters. The number of rotatable bonds is 5. The first-order valence-electron chi connectivity index (χ1n) is 17.0. The number of thiophene rings is 1. The van der Waals surface area contributed by atoms with Gasteiger partial charge in [-0.1, -0.05) is 0 Å². The second-order valence-electron chi connectivity index (χ2n) is 14.4. The first kappa shape index (κ1) is 33.5. The maximum atomic E-state index is 15.0. The number of nitrogens with zero attached hydrogens (tertiary/aromatic N) is 7. The van der Waals surface area contributed by atoms with Crippen LogP contribution in [0.3, 0.4) is 0 Å². The lowest BCUT2D eigenvalue weighted by Gasteiger charge is -2.41. The summed E-state index contributed by atoms with van der Waals surface area (Å²) in [7, 11) is 0. The van der Waals surface area contributed by atoms with Crippen LogP contribution in [0.15, 0.2) is 29.7 Å². The van der Waals surface area contributed by atoms with Crippen molar-refractivity contribution in [2.45, 2.75) is 95.3 Å². The van der Waals surface area contributed by atoms with Crippen molar-refractivity contribution < 1.29 is 27.6 Å². The number of halogens is 2. The Balaban J connectivity index is 1.29. The van der Waals surface area contributed by atoms with E-state index < -0.39 is 23.2 Å². The van der Waals surface area contributed by atoms with Crippen molar-refractivity contribution in [3.05, 3.63) is 35.7 Å². The van der Waals surface area contributed by atoms with Crippen LogP contribution in [0.5, 0.6) is 0 Å². The molecule has 50 heavy (non-hydrogen) atoms. The molecule has 1 aromatic carbocycles. The molecule has 3 aliphatic heterocycles. The zero-order valence-corrected chi connectivity index (χ0v) is 30.2. The fourth-order valence-electron chi connectivity index (χ4n) is 7.80. The zero-order chi connectivity index (χ0) is 35.1. The van der Waals surface area contributed by atoms with Crippen LogP contribution < -0.4 is 4.90 Å². The number of piperazine rings is 1. The SMILES string of the molecule is Cc1cc2c(cnn2C2CCCCO2)c(-c2nccc3c2sc2nc([S+](C)[O-])nc(N4C[C@H]5CC[C@@H](C4)N5C(=O)OC(C)(C)C)c23)c1C(F)F. The molecule has 8 rings (SSSR count). The van der Waals surface area contributed by atoms with Crippen LogP contribution in [0.4, 0.5) is 19.4 Å². The molecule has 4 aromatic heterocycles. The van der Waals surface area contributed by atoms with Gasteiger partial charge in [0.2, 0.25) is 0 Å². The Labute approximate surface area is 295 Å². The van der Waals surface area contributed by atoms with Gasteiger partial charge in [-0.15, -0.1) is 11.3 Å². The summed E-state index contributed by atoms with van der Waals surface area (Å²) in [6.07, 6.45) is 5.93. The first-order valence-corrected chi connectivity index (χ1v) is 19.4. The number of aryl methyl sites for hydroxylation is 1. The average molecular weight is 724 g/mol. The number of anilines is 1. The number of hydrogen-bond acceptors (Lipinski definition) is 10. The van der Waals surface area contributed by atoms with Crippen LogP contribution in [-0.2, 0) is 20.6 Å². The number of benzene rings is 1. The highest BCUT2D eigenvalue weighted by molar-refractivity contribution is 7.90. The monoisotopic (exact) mass is 723 g/mol. The van der Waals surface area contributed by atoms with E-state index in [0.717, 1.165) is 48.4 Å². The highest BCUT2D eigenvalue weighted by atomic mass is 32.2. The van der Waals surface area contributed by atoms with Crippen LogP contribution >= 0.6 is 11.3 Å². The maximum Gasteiger partial charge on any atom is 0.410 e. The standard InChI is InChI=1S/C35H39F2N7O4S2/c1-18-14-23-22(15-39-44(23)24-8-6-7-13-47-24)26(25(18)30(36)37)28-29-21(11-12-38-28)27-31(40-33(50(5)46)41-32(27)49-29)42-16-19-9-10-20(17-42)43(19)34(45)48-35(2,3)4/h11-12,14-15,19-20,24,30H,6-10,13,16-17H2,1-5H3/t19-,20+,24?,50?. The number of aromatic nitrogens is 5. The minimum Gasteiger partial charge on any atom is -0.609 e. The highest BCUT2D eigenvalue weighted by Gasteiger charge is 2.45. The van der Waals surface area contributed by atoms with Crippen molar-refractivity contribution in [1.82, 2.24) is 29.6 Å². The number of carbonyl (C=O) groups excluding carboxylic acids is 1. The second-order valence-corrected chi connectivity index (χ2v) is 16.7. The third-order valence-electron chi connectivity index (χ3n) is 9.89. The molecule has 3 fully saturated rings. The summed E-state index contributed by atoms with van der Waals surface area (Å²) in [5.74, 6) is 0.620. The number of amides is 1. The van der Waals surface area contributed by atoms with E-state index >= 15 is 0 Å². The smallest absolute Gasteiger partial charge is 0.410 e. The van der Waals surface area contributed by atoms with Gasteiger partial charge >= 0.3 is 11.2 Å². The van der Waals surface area contributed by atoms with Crippen LogP contribution in [0, 0.1) is 6.92 Å². The minimum absolute atomic E-state index is 0.0785. The van der Waals surface area contributed by atoms with Gasteiger partial charge < -0.3 is 18.9 Å². The third kappa shape index (κ3) is 5.66. The summed E-state index contributed by atoms with van der Waals surface area (Å²) in [5, 5.41) is 6.95. The predicted octanol–water partition coefficient (Wildman–Crippen LogP) is 7.53. The molecule has 2 bridgehead atoms. The van der Waals surface area contributed by atoms with E-state index in [2.05, 4.69) is 10.00 Å². The molecule has 3 aliphatic rings. The van der Waals surface area contributed by atoms with E-state index in [0.29, 0.717) is 57.3 Å². The largest absolute Gasteiger partial charge is 0.609 e. The van der Waals surface area contributed by atoms with E-state index in [4.69, 9.17) is 24.4 Å². The molecule has 0 saturated carbocycles. The van der Waals surface area contributed by atoms with Gasteiger partial charge in [-0.05, 0) is 77.5 Å². The minimum atomic E-state index is -2.75. The number of hydrogen-bond donors (Lipinski definition) is 0. The second kappa shape index (κ2) is 12.5. The van der Waals surface area contributed by atoms with E-state index in [1.54, 1.807) is 31.6 Å². The molecule has 3 saturated heterocycles. The van der Waals surface area contributed by atoms with Crippen LogP contribution in [0.2, 0.25) is 0 Å². The summed E-state index contributed by atoms with van der Waals surface area (Å²) in [6.45, 7) is 8.95. The van der Waals surface area contributed by atoms with E-state index in [-0.39, 0.29) is 35.1 Å². The molecule has 7 heterocycles. The third-order valence-corrected chi connectivity index (χ3v) is 11.7. The van der Waals surface area contributed by atoms with Gasteiger partial charge in [0.15, 0.2) is 6.23 Å². The molecule has 1 amide bonds. The van der Waals surface area contributed by atoms with Crippen molar-refractivity contribution in [1.29, 1.82) is 0 Å². The fourth-order valence-corrected chi connectivity index (χ4v) is 9.46. The quantitative estimate of drug-likeness (QED) is 0.134. The van der Waals surface area contributed by atoms with Crippen LogP contribution in [0.1, 0.15) is 76.7 Å². The lowest BCUT2D eigenvalue weighted by Crippen LogP contribution is -2.57. The molecule has 264 valence electrons. The molecule has 0 spiro atoms. The summed E-state index contributed by atoms with van der Waals surface area (Å²) >= 11 is -0.151. The van der Waals surface area contributed by atoms with Crippen molar-refractivity contribution >= 4 is 65.6 Å². The number of ether oxygens (including phenoxy) is 2. The highest BCUT2D eigenvalue weighted by Crippen LogP contribution is 2.47. The normalized spacial score (nSPS) is 22.0. The van der Waals surface area contributed by atoms with Crippen molar-refractivity contribution in [3.8, 4) is 11.3 Å². The molecule has 11 nitrogen and oxygen atoms in total. The van der Waals surface area contributed by atoms with Gasteiger partial charge in [0.25, 0.3) is 6.43 Å². The number of pyridine rings is 1. The Hall–Kier alpha value is -3.66. The summed E-state index contributed by atoms with van der Waals surface area (Å²) in [5.41, 5.74) is 1.23. The molecular weight excluding hydrogens is 685 g/mol. The molecular formula is C35H39F2N7O4S2. The molecule has 0 aliphatic carbocycles. The van der Waals surface area contributed by atoms with E-state index in [1.165, 1.54) is 11.3 Å². The molecule has 5 aromatic rings. The summed E-state index contributed by atoms with van der Waals surface area (Å²) in [6, 6.07) is 3.48. The van der Waals surface area contributed by atoms with Gasteiger partial charge in [-0.2, -0.15) is 15.1 Å². The summed E-state index contributed by atoms with van der Waals surface area (Å²) < 4.78 is 57.1. The zero-order valence-electron chi connectivity index (χ0n) is 28.6. The Morgan fingerprint density at radius 2 is 1.90 bits per heavy atom.